The number of rotatable bonds is 3. The second-order valence-corrected chi connectivity index (χ2v) is 3.95. The summed E-state index contributed by atoms with van der Waals surface area (Å²) in [7, 11) is 0. The second-order valence-electron chi connectivity index (χ2n) is 3.95. The summed E-state index contributed by atoms with van der Waals surface area (Å²) in [5.74, 6) is 0.483. The Morgan fingerprint density at radius 1 is 1.05 bits per heavy atom. The first-order valence-corrected chi connectivity index (χ1v) is 5.87. The Bertz CT molecular complexity index is 661. The Balaban J connectivity index is 2.10. The zero-order valence-corrected chi connectivity index (χ0v) is 10.1. The highest BCUT2D eigenvalue weighted by Gasteiger charge is 2.10. The molecule has 0 atom stereocenters. The summed E-state index contributed by atoms with van der Waals surface area (Å²) in [6.45, 7) is 0. The van der Waals surface area contributed by atoms with Gasteiger partial charge in [0.25, 0.3) is 0 Å². The first-order valence-electron chi connectivity index (χ1n) is 5.87. The van der Waals surface area contributed by atoms with Crippen molar-refractivity contribution < 1.29 is 4.42 Å². The third-order valence-electron chi connectivity index (χ3n) is 2.67. The van der Waals surface area contributed by atoms with Crippen LogP contribution in [0.4, 0.5) is 0 Å². The standard InChI is InChI=1S/C15H11N3O/c1-2-5-12(6-3-1)9-14(15-18-17-11-19-15)13-7-4-8-16-10-13/h1-11H. The Hall–Kier alpha value is -2.75. The first-order chi connectivity index (χ1) is 9.43. The van der Waals surface area contributed by atoms with Crippen LogP contribution >= 0.6 is 0 Å². The number of nitrogens with zero attached hydrogens (tertiary/aromatic N) is 3. The molecule has 2 aromatic heterocycles. The smallest absolute Gasteiger partial charge is 0.248 e. The van der Waals surface area contributed by atoms with Crippen molar-refractivity contribution in [1.82, 2.24) is 15.2 Å². The van der Waals surface area contributed by atoms with Crippen molar-refractivity contribution in [3.63, 3.8) is 0 Å². The quantitative estimate of drug-likeness (QED) is 0.715. The molecule has 0 aliphatic rings. The van der Waals surface area contributed by atoms with E-state index in [4.69, 9.17) is 4.42 Å². The molecule has 0 aliphatic carbocycles. The van der Waals surface area contributed by atoms with Crippen molar-refractivity contribution in [2.45, 2.75) is 0 Å². The zero-order chi connectivity index (χ0) is 12.9. The minimum atomic E-state index is 0.483. The van der Waals surface area contributed by atoms with Crippen LogP contribution in [0.5, 0.6) is 0 Å². The van der Waals surface area contributed by atoms with E-state index in [9.17, 15) is 0 Å². The van der Waals surface area contributed by atoms with Gasteiger partial charge in [0.2, 0.25) is 12.3 Å². The van der Waals surface area contributed by atoms with Gasteiger partial charge in [-0.1, -0.05) is 36.4 Å². The molecular formula is C15H11N3O. The maximum atomic E-state index is 5.30. The van der Waals surface area contributed by atoms with Crippen LogP contribution in [0, 0.1) is 0 Å². The van der Waals surface area contributed by atoms with Crippen LogP contribution in [0.3, 0.4) is 0 Å². The lowest BCUT2D eigenvalue weighted by Gasteiger charge is -2.03. The highest BCUT2D eigenvalue weighted by Crippen LogP contribution is 2.23. The van der Waals surface area contributed by atoms with Gasteiger partial charge in [0.15, 0.2) is 0 Å². The molecule has 0 amide bonds. The van der Waals surface area contributed by atoms with Gasteiger partial charge in [-0.05, 0) is 17.7 Å². The average molecular weight is 249 g/mol. The van der Waals surface area contributed by atoms with E-state index in [0.29, 0.717) is 5.89 Å². The molecule has 3 rings (SSSR count). The molecule has 19 heavy (non-hydrogen) atoms. The minimum Gasteiger partial charge on any atom is -0.423 e. The van der Waals surface area contributed by atoms with Gasteiger partial charge >= 0.3 is 0 Å². The van der Waals surface area contributed by atoms with E-state index >= 15 is 0 Å². The SMILES string of the molecule is C(=C(c1cccnc1)c1nnco1)c1ccccc1. The molecule has 0 saturated carbocycles. The van der Waals surface area contributed by atoms with Crippen molar-refractivity contribution >= 4 is 11.6 Å². The number of hydrogen-bond donors (Lipinski definition) is 0. The Labute approximate surface area is 110 Å². The maximum absolute atomic E-state index is 5.30. The van der Waals surface area contributed by atoms with Gasteiger partial charge in [0, 0.05) is 23.5 Å². The lowest BCUT2D eigenvalue weighted by molar-refractivity contribution is 0.539. The van der Waals surface area contributed by atoms with Crippen LogP contribution in [0.2, 0.25) is 0 Å². The first kappa shape index (κ1) is 11.3. The van der Waals surface area contributed by atoms with Gasteiger partial charge in [-0.2, -0.15) is 0 Å². The van der Waals surface area contributed by atoms with Crippen LogP contribution < -0.4 is 0 Å². The summed E-state index contributed by atoms with van der Waals surface area (Å²) in [5, 5.41) is 7.71. The summed E-state index contributed by atoms with van der Waals surface area (Å²) in [4.78, 5) is 4.13. The third-order valence-corrected chi connectivity index (χ3v) is 2.67. The molecule has 0 saturated heterocycles. The van der Waals surface area contributed by atoms with Gasteiger partial charge in [0.05, 0.1) is 0 Å². The molecule has 92 valence electrons. The van der Waals surface area contributed by atoms with E-state index < -0.39 is 0 Å². The Kier molecular flexibility index (Phi) is 3.14. The van der Waals surface area contributed by atoms with Crippen molar-refractivity contribution in [2.24, 2.45) is 0 Å². The van der Waals surface area contributed by atoms with Crippen LogP contribution in [0.1, 0.15) is 17.0 Å². The monoisotopic (exact) mass is 249 g/mol. The van der Waals surface area contributed by atoms with Crippen molar-refractivity contribution in [3.8, 4) is 0 Å². The molecule has 0 fully saturated rings. The fourth-order valence-electron chi connectivity index (χ4n) is 1.80. The van der Waals surface area contributed by atoms with Crippen LogP contribution in [-0.4, -0.2) is 15.2 Å². The molecule has 0 radical (unpaired) electrons. The number of aromatic nitrogens is 3. The minimum absolute atomic E-state index is 0.483. The lowest BCUT2D eigenvalue weighted by Crippen LogP contribution is -1.89. The summed E-state index contributed by atoms with van der Waals surface area (Å²) in [6.07, 6.45) is 6.84. The molecular weight excluding hydrogens is 238 g/mol. The Morgan fingerprint density at radius 2 is 1.95 bits per heavy atom. The van der Waals surface area contributed by atoms with Gasteiger partial charge in [-0.3, -0.25) is 4.98 Å². The topological polar surface area (TPSA) is 51.8 Å². The van der Waals surface area contributed by atoms with E-state index in [2.05, 4.69) is 15.2 Å². The molecule has 0 unspecified atom stereocenters. The fourth-order valence-corrected chi connectivity index (χ4v) is 1.80. The third kappa shape index (κ3) is 2.57. The van der Waals surface area contributed by atoms with Gasteiger partial charge in [-0.15, -0.1) is 10.2 Å². The largest absolute Gasteiger partial charge is 0.423 e. The predicted molar refractivity (Wildman–Crippen MR) is 72.0 cm³/mol. The lowest BCUT2D eigenvalue weighted by atomic mass is 10.0. The fraction of sp³-hybridized carbons (Fsp3) is 0. The van der Waals surface area contributed by atoms with E-state index in [0.717, 1.165) is 16.7 Å². The highest BCUT2D eigenvalue weighted by atomic mass is 16.4. The van der Waals surface area contributed by atoms with Crippen molar-refractivity contribution in [2.75, 3.05) is 0 Å². The molecule has 4 heteroatoms. The van der Waals surface area contributed by atoms with E-state index in [1.165, 1.54) is 6.39 Å². The zero-order valence-electron chi connectivity index (χ0n) is 10.1. The molecule has 1 aromatic carbocycles. The van der Waals surface area contributed by atoms with E-state index in [1.807, 2.05) is 48.5 Å². The predicted octanol–water partition coefficient (Wildman–Crippen LogP) is 3.05. The van der Waals surface area contributed by atoms with Crippen molar-refractivity contribution in [1.29, 1.82) is 0 Å². The van der Waals surface area contributed by atoms with Crippen LogP contribution in [-0.2, 0) is 0 Å². The molecule has 3 aromatic rings. The van der Waals surface area contributed by atoms with Gasteiger partial charge in [0.1, 0.15) is 0 Å². The molecule has 0 aliphatic heterocycles. The summed E-state index contributed by atoms with van der Waals surface area (Å²) < 4.78 is 5.30. The molecule has 0 N–H and O–H groups in total. The maximum Gasteiger partial charge on any atom is 0.248 e. The number of pyridine rings is 1. The number of benzene rings is 1. The van der Waals surface area contributed by atoms with E-state index in [1.54, 1.807) is 12.4 Å². The van der Waals surface area contributed by atoms with Gasteiger partial charge in [-0.25, -0.2) is 0 Å². The molecule has 4 nitrogen and oxygen atoms in total. The number of hydrogen-bond acceptors (Lipinski definition) is 4. The Morgan fingerprint density at radius 3 is 2.63 bits per heavy atom. The summed E-state index contributed by atoms with van der Waals surface area (Å²) in [6, 6.07) is 13.8. The molecule has 0 bridgehead atoms. The highest BCUT2D eigenvalue weighted by molar-refractivity contribution is 5.88. The van der Waals surface area contributed by atoms with Crippen LogP contribution in [0.25, 0.3) is 11.6 Å². The molecule has 2 heterocycles. The summed E-state index contributed by atoms with van der Waals surface area (Å²) in [5.41, 5.74) is 2.87. The van der Waals surface area contributed by atoms with Gasteiger partial charge < -0.3 is 4.42 Å². The van der Waals surface area contributed by atoms with Crippen molar-refractivity contribution in [3.05, 3.63) is 78.3 Å². The average Bonchev–Trinajstić information content (AvgIpc) is 3.01. The molecule has 0 spiro atoms. The van der Waals surface area contributed by atoms with E-state index in [-0.39, 0.29) is 0 Å². The second kappa shape index (κ2) is 5.27. The normalized spacial score (nSPS) is 11.5. The summed E-state index contributed by atoms with van der Waals surface area (Å²) >= 11 is 0. The van der Waals surface area contributed by atoms with Crippen LogP contribution in [0.15, 0.2) is 65.7 Å².